The Morgan fingerprint density at radius 1 is 1.07 bits per heavy atom. The molecule has 2 atom stereocenters. The van der Waals surface area contributed by atoms with Crippen molar-refractivity contribution in [2.45, 2.75) is 58.1 Å². The number of sulfone groups is 1. The lowest BCUT2D eigenvalue weighted by atomic mass is 9.97. The van der Waals surface area contributed by atoms with Crippen LogP contribution in [0.25, 0.3) is 0 Å². The van der Waals surface area contributed by atoms with E-state index in [0.717, 1.165) is 17.7 Å². The largest absolute Gasteiger partial charge is 0.322 e. The predicted molar refractivity (Wildman–Crippen MR) is 119 cm³/mol. The van der Waals surface area contributed by atoms with Gasteiger partial charge in [0.05, 0.1) is 10.5 Å². The summed E-state index contributed by atoms with van der Waals surface area (Å²) in [5.74, 6) is 1.14. The van der Waals surface area contributed by atoms with Crippen LogP contribution in [0.5, 0.6) is 0 Å². The zero-order valence-electron chi connectivity index (χ0n) is 18.0. The summed E-state index contributed by atoms with van der Waals surface area (Å²) in [5.41, 5.74) is 4.99. The van der Waals surface area contributed by atoms with Crippen LogP contribution < -0.4 is 5.32 Å². The van der Waals surface area contributed by atoms with Gasteiger partial charge in [-0.2, -0.15) is 0 Å². The topological polar surface area (TPSA) is 63.2 Å². The molecule has 0 saturated carbocycles. The number of benzene rings is 2. The fourth-order valence-electron chi connectivity index (χ4n) is 3.72. The van der Waals surface area contributed by atoms with Gasteiger partial charge >= 0.3 is 0 Å². The van der Waals surface area contributed by atoms with E-state index in [1.165, 1.54) is 11.1 Å². The van der Waals surface area contributed by atoms with Crippen LogP contribution in [0.15, 0.2) is 42.5 Å². The minimum absolute atomic E-state index is 0.105. The van der Waals surface area contributed by atoms with Crippen LogP contribution >= 0.6 is 0 Å². The number of aryl methyl sites for hydroxylation is 1. The van der Waals surface area contributed by atoms with Crippen molar-refractivity contribution >= 4 is 21.4 Å². The van der Waals surface area contributed by atoms with Gasteiger partial charge in [-0.15, -0.1) is 0 Å². The first kappa shape index (κ1) is 21.6. The molecule has 1 amide bonds. The lowest BCUT2D eigenvalue weighted by Gasteiger charge is -2.19. The van der Waals surface area contributed by atoms with E-state index in [2.05, 4.69) is 31.3 Å². The number of amides is 1. The van der Waals surface area contributed by atoms with Crippen molar-refractivity contribution in [1.82, 2.24) is 0 Å². The van der Waals surface area contributed by atoms with Gasteiger partial charge in [-0.25, -0.2) is 8.42 Å². The standard InChI is InChI=1S/C24H31NO3S/c1-16-14-20-15-21(10-11-22(20)17(16)2)25-23(26)19-8-6-18(7-9-19)12-13-29(27,28)24(3,4)5/h6-11,15-17H,12-14H2,1-5H3,(H,25,26). The van der Waals surface area contributed by atoms with Crippen molar-refractivity contribution in [1.29, 1.82) is 0 Å². The molecule has 1 N–H and O–H groups in total. The number of nitrogens with one attached hydrogen (secondary N) is 1. The molecule has 0 aromatic heterocycles. The van der Waals surface area contributed by atoms with Gasteiger partial charge in [-0.05, 0) is 86.4 Å². The van der Waals surface area contributed by atoms with Crippen LogP contribution in [0.4, 0.5) is 5.69 Å². The van der Waals surface area contributed by atoms with E-state index in [-0.39, 0.29) is 11.7 Å². The first-order valence-corrected chi connectivity index (χ1v) is 11.9. The molecule has 0 radical (unpaired) electrons. The SMILES string of the molecule is CC1Cc2cc(NC(=O)c3ccc(CCS(=O)(=O)C(C)(C)C)cc3)ccc2C1C. The fourth-order valence-corrected chi connectivity index (χ4v) is 4.84. The maximum Gasteiger partial charge on any atom is 0.255 e. The van der Waals surface area contributed by atoms with Gasteiger partial charge in [0.2, 0.25) is 0 Å². The Labute approximate surface area is 174 Å². The number of hydrogen-bond donors (Lipinski definition) is 1. The summed E-state index contributed by atoms with van der Waals surface area (Å²) in [6.07, 6.45) is 1.50. The maximum atomic E-state index is 12.6. The first-order chi connectivity index (χ1) is 13.5. The van der Waals surface area contributed by atoms with Crippen molar-refractivity contribution in [3.63, 3.8) is 0 Å². The summed E-state index contributed by atoms with van der Waals surface area (Å²) in [7, 11) is -3.16. The van der Waals surface area contributed by atoms with Gasteiger partial charge in [0.1, 0.15) is 0 Å². The lowest BCUT2D eigenvalue weighted by Crippen LogP contribution is -2.31. The Morgan fingerprint density at radius 3 is 2.34 bits per heavy atom. The fraction of sp³-hybridized carbons (Fsp3) is 0.458. The normalized spacial score (nSPS) is 19.1. The van der Waals surface area contributed by atoms with Crippen molar-refractivity contribution in [2.75, 3.05) is 11.1 Å². The van der Waals surface area contributed by atoms with Crippen LogP contribution in [-0.4, -0.2) is 24.8 Å². The molecule has 1 aliphatic rings. The molecule has 2 aromatic rings. The molecular weight excluding hydrogens is 382 g/mol. The molecule has 1 aliphatic carbocycles. The lowest BCUT2D eigenvalue weighted by molar-refractivity contribution is 0.102. The summed E-state index contributed by atoms with van der Waals surface area (Å²) in [6.45, 7) is 9.67. The van der Waals surface area contributed by atoms with Gasteiger partial charge in [0, 0.05) is 11.3 Å². The van der Waals surface area contributed by atoms with E-state index >= 15 is 0 Å². The Kier molecular flexibility index (Phi) is 5.91. The third-order valence-electron chi connectivity index (χ3n) is 6.10. The zero-order chi connectivity index (χ0) is 21.4. The van der Waals surface area contributed by atoms with E-state index in [0.29, 0.717) is 23.8 Å². The van der Waals surface area contributed by atoms with E-state index in [4.69, 9.17) is 0 Å². The van der Waals surface area contributed by atoms with Crippen LogP contribution in [0.3, 0.4) is 0 Å². The van der Waals surface area contributed by atoms with Crippen molar-refractivity contribution in [3.8, 4) is 0 Å². The summed E-state index contributed by atoms with van der Waals surface area (Å²) in [6, 6.07) is 13.4. The van der Waals surface area contributed by atoms with Crippen LogP contribution in [0.1, 0.15) is 67.6 Å². The second-order valence-electron chi connectivity index (χ2n) is 9.22. The van der Waals surface area contributed by atoms with Crippen LogP contribution in [0.2, 0.25) is 0 Å². The molecule has 2 unspecified atom stereocenters. The Balaban J connectivity index is 1.64. The van der Waals surface area contributed by atoms with E-state index in [1.807, 2.05) is 18.2 Å². The van der Waals surface area contributed by atoms with Gasteiger partial charge in [0.25, 0.3) is 5.91 Å². The summed E-state index contributed by atoms with van der Waals surface area (Å²) < 4.78 is 23.8. The van der Waals surface area contributed by atoms with Crippen molar-refractivity contribution < 1.29 is 13.2 Å². The molecule has 0 spiro atoms. The van der Waals surface area contributed by atoms with Gasteiger partial charge in [-0.3, -0.25) is 4.79 Å². The minimum atomic E-state index is -3.16. The molecule has 29 heavy (non-hydrogen) atoms. The second kappa shape index (κ2) is 7.94. The second-order valence-corrected chi connectivity index (χ2v) is 12.1. The molecule has 2 aromatic carbocycles. The molecule has 0 fully saturated rings. The molecule has 4 nitrogen and oxygen atoms in total. The summed E-state index contributed by atoms with van der Waals surface area (Å²) in [4.78, 5) is 12.6. The maximum absolute atomic E-state index is 12.6. The molecule has 0 saturated heterocycles. The highest BCUT2D eigenvalue weighted by Gasteiger charge is 2.28. The molecule has 156 valence electrons. The number of carbonyl (C=O) groups is 1. The van der Waals surface area contributed by atoms with E-state index in [9.17, 15) is 13.2 Å². The van der Waals surface area contributed by atoms with Crippen LogP contribution in [0, 0.1) is 5.92 Å². The molecule has 0 bridgehead atoms. The highest BCUT2D eigenvalue weighted by Crippen LogP contribution is 2.38. The number of rotatable bonds is 5. The van der Waals surface area contributed by atoms with Gasteiger partial charge < -0.3 is 5.32 Å². The smallest absolute Gasteiger partial charge is 0.255 e. The number of carbonyl (C=O) groups excluding carboxylic acids is 1. The third-order valence-corrected chi connectivity index (χ3v) is 8.70. The average molecular weight is 414 g/mol. The van der Waals surface area contributed by atoms with E-state index < -0.39 is 14.6 Å². The summed E-state index contributed by atoms with van der Waals surface area (Å²) >= 11 is 0. The Morgan fingerprint density at radius 2 is 1.72 bits per heavy atom. The van der Waals surface area contributed by atoms with E-state index in [1.54, 1.807) is 32.9 Å². The highest BCUT2D eigenvalue weighted by atomic mass is 32.2. The molecule has 3 rings (SSSR count). The predicted octanol–water partition coefficient (Wildman–Crippen LogP) is 4.99. The number of hydrogen-bond acceptors (Lipinski definition) is 3. The number of anilines is 1. The van der Waals surface area contributed by atoms with Crippen molar-refractivity contribution in [2.24, 2.45) is 5.92 Å². The average Bonchev–Trinajstić information content (AvgIpc) is 2.93. The highest BCUT2D eigenvalue weighted by molar-refractivity contribution is 7.92. The minimum Gasteiger partial charge on any atom is -0.322 e. The monoisotopic (exact) mass is 413 g/mol. The Hall–Kier alpha value is -2.14. The Bertz CT molecular complexity index is 1000. The first-order valence-electron chi connectivity index (χ1n) is 10.2. The zero-order valence-corrected chi connectivity index (χ0v) is 18.8. The molecule has 5 heteroatoms. The third kappa shape index (κ3) is 4.72. The van der Waals surface area contributed by atoms with Gasteiger partial charge in [0.15, 0.2) is 9.84 Å². The summed E-state index contributed by atoms with van der Waals surface area (Å²) in [5, 5.41) is 2.98. The van der Waals surface area contributed by atoms with Gasteiger partial charge in [-0.1, -0.05) is 32.0 Å². The molecule has 0 aliphatic heterocycles. The van der Waals surface area contributed by atoms with Crippen LogP contribution in [-0.2, 0) is 22.7 Å². The molecular formula is C24H31NO3S. The molecule has 0 heterocycles. The quantitative estimate of drug-likeness (QED) is 0.751. The van der Waals surface area contributed by atoms with Crippen molar-refractivity contribution in [3.05, 3.63) is 64.7 Å². The number of fused-ring (bicyclic) bond motifs is 1.